The normalized spacial score (nSPS) is 21.0. The maximum Gasteiger partial charge on any atom is 0.230 e. The minimum atomic E-state index is -0.907. The summed E-state index contributed by atoms with van der Waals surface area (Å²) in [6.07, 6.45) is 1.99. The minimum Gasteiger partial charge on any atom is -0.379 e. The molecule has 0 atom stereocenters. The van der Waals surface area contributed by atoms with Crippen LogP contribution in [-0.2, 0) is 19.0 Å². The molecular formula is C29H35FN8O4. The number of imidazole rings is 1. The third-order valence-corrected chi connectivity index (χ3v) is 7.19. The van der Waals surface area contributed by atoms with Crippen LogP contribution in [-0.4, -0.2) is 89.9 Å². The van der Waals surface area contributed by atoms with Crippen LogP contribution in [0.3, 0.4) is 0 Å². The second-order valence-corrected chi connectivity index (χ2v) is 10.5. The average molecular weight is 579 g/mol. The zero-order chi connectivity index (χ0) is 29.4. The number of aromatic amines is 1. The summed E-state index contributed by atoms with van der Waals surface area (Å²) in [7, 11) is 0. The van der Waals surface area contributed by atoms with Crippen molar-refractivity contribution in [1.29, 1.82) is 5.26 Å². The van der Waals surface area contributed by atoms with Gasteiger partial charge in [-0.2, -0.15) is 5.26 Å². The largest absolute Gasteiger partial charge is 0.379 e. The molecule has 5 rings (SSSR count). The summed E-state index contributed by atoms with van der Waals surface area (Å²) in [4.78, 5) is 32.2. The van der Waals surface area contributed by atoms with Gasteiger partial charge >= 0.3 is 0 Å². The molecule has 0 aliphatic carbocycles. The van der Waals surface area contributed by atoms with Gasteiger partial charge in [0.2, 0.25) is 18.1 Å². The Labute approximate surface area is 243 Å². The number of carbonyl (C=O) groups excluding carboxylic acids is 1. The first-order valence-corrected chi connectivity index (χ1v) is 14.1. The molecular weight excluding hydrogens is 543 g/mol. The van der Waals surface area contributed by atoms with Crippen molar-refractivity contribution in [2.24, 2.45) is 5.41 Å². The van der Waals surface area contributed by atoms with Gasteiger partial charge in [0.15, 0.2) is 5.82 Å². The van der Waals surface area contributed by atoms with Gasteiger partial charge in [-0.15, -0.1) is 0 Å². The molecule has 3 aromatic rings. The van der Waals surface area contributed by atoms with E-state index in [1.807, 2.05) is 6.07 Å². The van der Waals surface area contributed by atoms with E-state index in [1.54, 1.807) is 31.3 Å². The number of hydrogen-bond acceptors (Lipinski definition) is 10. The zero-order valence-electron chi connectivity index (χ0n) is 23.6. The number of halogens is 1. The Kier molecular flexibility index (Phi) is 9.70. The third kappa shape index (κ3) is 7.27. The number of ether oxygens (including phenoxy) is 3. The Bertz CT molecular complexity index is 1380. The van der Waals surface area contributed by atoms with Crippen molar-refractivity contribution in [3.63, 3.8) is 0 Å². The highest BCUT2D eigenvalue weighted by Crippen LogP contribution is 2.35. The molecule has 2 saturated heterocycles. The van der Waals surface area contributed by atoms with Crippen LogP contribution < -0.4 is 10.6 Å². The summed E-state index contributed by atoms with van der Waals surface area (Å²) in [6.45, 7) is 7.34. The summed E-state index contributed by atoms with van der Waals surface area (Å²) in [6, 6.07) is 9.82. The van der Waals surface area contributed by atoms with E-state index in [2.05, 4.69) is 25.5 Å². The molecule has 1 aromatic carbocycles. The lowest BCUT2D eigenvalue weighted by Crippen LogP contribution is -2.48. The van der Waals surface area contributed by atoms with Crippen molar-refractivity contribution < 1.29 is 23.4 Å². The summed E-state index contributed by atoms with van der Waals surface area (Å²) in [5.41, 5.74) is 1.53. The highest BCUT2D eigenvalue weighted by Gasteiger charge is 2.40. The molecule has 0 radical (unpaired) electrons. The number of aromatic nitrogens is 4. The lowest BCUT2D eigenvalue weighted by Gasteiger charge is -2.35. The first-order valence-electron chi connectivity index (χ1n) is 14.1. The number of nitrogens with one attached hydrogen (secondary N) is 3. The molecule has 0 unspecified atom stereocenters. The molecule has 4 heterocycles. The standard InChI is InChI=1S/C29H35FN8O4/c1-29(27(39)32-10-2-9-31)18-41-26(42-19-29)25-36-23(20-4-6-21(30)7-5-20)24(37-25)22-8-12-34-28(35-22)33-11-3-13-38-14-16-40-17-15-38/h4-8,12,26H,2-3,10-11,13-19H2,1H3,(H,32,39)(H,36,37)(H,33,34,35). The molecule has 13 heteroatoms. The number of anilines is 1. The predicted octanol–water partition coefficient (Wildman–Crippen LogP) is 2.89. The number of nitrogens with zero attached hydrogens (tertiary/aromatic N) is 5. The molecule has 12 nitrogen and oxygen atoms in total. The summed E-state index contributed by atoms with van der Waals surface area (Å²) >= 11 is 0. The van der Waals surface area contributed by atoms with Gasteiger partial charge in [0.25, 0.3) is 0 Å². The SMILES string of the molecule is CC1(C(=O)NCCC#N)COC(c2nc(-c3ccc(F)cc3)c(-c3ccnc(NCCCN4CCOCC4)n3)[nH]2)OC1. The van der Waals surface area contributed by atoms with E-state index in [-0.39, 0.29) is 37.9 Å². The number of nitriles is 1. The fraction of sp³-hybridized carbons (Fsp3) is 0.483. The van der Waals surface area contributed by atoms with Crippen LogP contribution in [0.1, 0.15) is 31.9 Å². The van der Waals surface area contributed by atoms with Gasteiger partial charge in [-0.1, -0.05) is 0 Å². The molecule has 222 valence electrons. The number of H-pyrrole nitrogens is 1. The van der Waals surface area contributed by atoms with E-state index in [0.29, 0.717) is 41.0 Å². The fourth-order valence-corrected chi connectivity index (χ4v) is 4.76. The maximum absolute atomic E-state index is 13.7. The second-order valence-electron chi connectivity index (χ2n) is 10.5. The van der Waals surface area contributed by atoms with Gasteiger partial charge in [-0.25, -0.2) is 19.3 Å². The Morgan fingerprint density at radius 1 is 1.17 bits per heavy atom. The van der Waals surface area contributed by atoms with Crippen LogP contribution in [0.25, 0.3) is 22.6 Å². The van der Waals surface area contributed by atoms with E-state index >= 15 is 0 Å². The highest BCUT2D eigenvalue weighted by atomic mass is 19.1. The molecule has 2 fully saturated rings. The molecule has 2 aromatic heterocycles. The lowest BCUT2D eigenvalue weighted by molar-refractivity contribution is -0.231. The zero-order valence-corrected chi connectivity index (χ0v) is 23.6. The minimum absolute atomic E-state index is 0.101. The van der Waals surface area contributed by atoms with Crippen LogP contribution in [0.4, 0.5) is 10.3 Å². The van der Waals surface area contributed by atoms with Crippen molar-refractivity contribution >= 4 is 11.9 Å². The molecule has 2 aliphatic heterocycles. The molecule has 0 spiro atoms. The number of morpholine rings is 1. The van der Waals surface area contributed by atoms with Gasteiger partial charge in [-0.3, -0.25) is 9.69 Å². The quantitative estimate of drug-likeness (QED) is 0.290. The molecule has 1 amide bonds. The van der Waals surface area contributed by atoms with Crippen molar-refractivity contribution in [2.75, 3.05) is 64.5 Å². The Balaban J connectivity index is 1.30. The van der Waals surface area contributed by atoms with Crippen molar-refractivity contribution in [2.45, 2.75) is 26.1 Å². The first kappa shape index (κ1) is 29.5. The fourth-order valence-electron chi connectivity index (χ4n) is 4.76. The molecule has 2 aliphatic rings. The lowest BCUT2D eigenvalue weighted by atomic mass is 9.91. The van der Waals surface area contributed by atoms with Crippen LogP contribution >= 0.6 is 0 Å². The van der Waals surface area contributed by atoms with E-state index in [0.717, 1.165) is 39.3 Å². The average Bonchev–Trinajstić information content (AvgIpc) is 3.46. The van der Waals surface area contributed by atoms with Crippen LogP contribution in [0.5, 0.6) is 0 Å². The number of benzene rings is 1. The summed E-state index contributed by atoms with van der Waals surface area (Å²) in [5.74, 6) is 0.288. The third-order valence-electron chi connectivity index (χ3n) is 7.19. The van der Waals surface area contributed by atoms with Crippen molar-refractivity contribution in [3.8, 4) is 28.7 Å². The van der Waals surface area contributed by atoms with E-state index in [1.165, 1.54) is 12.1 Å². The van der Waals surface area contributed by atoms with E-state index in [9.17, 15) is 9.18 Å². The Morgan fingerprint density at radius 3 is 2.67 bits per heavy atom. The van der Waals surface area contributed by atoms with Crippen LogP contribution in [0.2, 0.25) is 0 Å². The first-order chi connectivity index (χ1) is 20.4. The Morgan fingerprint density at radius 2 is 1.93 bits per heavy atom. The van der Waals surface area contributed by atoms with Gasteiger partial charge in [0, 0.05) is 37.9 Å². The van der Waals surface area contributed by atoms with E-state index < -0.39 is 11.7 Å². The van der Waals surface area contributed by atoms with Crippen molar-refractivity contribution in [3.05, 3.63) is 48.2 Å². The number of carbonyl (C=O) groups is 1. The molecule has 42 heavy (non-hydrogen) atoms. The van der Waals surface area contributed by atoms with Gasteiger partial charge in [-0.05, 0) is 50.2 Å². The monoisotopic (exact) mass is 578 g/mol. The van der Waals surface area contributed by atoms with Gasteiger partial charge in [0.05, 0.1) is 61.4 Å². The van der Waals surface area contributed by atoms with Gasteiger partial charge < -0.3 is 29.8 Å². The topological polar surface area (TPSA) is 150 Å². The number of hydrogen-bond donors (Lipinski definition) is 3. The maximum atomic E-state index is 13.7. The highest BCUT2D eigenvalue weighted by molar-refractivity contribution is 5.82. The van der Waals surface area contributed by atoms with Crippen molar-refractivity contribution in [1.82, 2.24) is 30.2 Å². The summed E-state index contributed by atoms with van der Waals surface area (Å²) in [5, 5.41) is 14.8. The summed E-state index contributed by atoms with van der Waals surface area (Å²) < 4.78 is 31.0. The second kappa shape index (κ2) is 13.8. The predicted molar refractivity (Wildman–Crippen MR) is 151 cm³/mol. The number of amides is 1. The van der Waals surface area contributed by atoms with Crippen LogP contribution in [0, 0.1) is 22.6 Å². The molecule has 3 N–H and O–H groups in total. The smallest absolute Gasteiger partial charge is 0.230 e. The van der Waals surface area contributed by atoms with Crippen LogP contribution in [0.15, 0.2) is 36.5 Å². The molecule has 0 saturated carbocycles. The number of rotatable bonds is 11. The van der Waals surface area contributed by atoms with Gasteiger partial charge in [0.1, 0.15) is 5.82 Å². The molecule has 0 bridgehead atoms. The Hall–Kier alpha value is -3.96. The van der Waals surface area contributed by atoms with E-state index in [4.69, 9.17) is 29.4 Å².